The third-order valence-corrected chi connectivity index (χ3v) is 4.31. The van der Waals surface area contributed by atoms with Crippen molar-refractivity contribution < 1.29 is 0 Å². The van der Waals surface area contributed by atoms with Gasteiger partial charge in [-0.25, -0.2) is 0 Å². The molecule has 0 N–H and O–H groups in total. The molecule has 0 unspecified atom stereocenters. The standard InChI is InChI=1S/C15H16S2/c1-16-15-9-5-8-14(10-15)12-17-11-13-6-3-2-4-7-13/h2-10H,11-12H2,1H3. The molecule has 0 fully saturated rings. The Morgan fingerprint density at radius 1 is 0.824 bits per heavy atom. The first-order valence-electron chi connectivity index (χ1n) is 5.63. The summed E-state index contributed by atoms with van der Waals surface area (Å²) in [5.41, 5.74) is 2.82. The third-order valence-electron chi connectivity index (χ3n) is 2.51. The van der Waals surface area contributed by atoms with Crippen LogP contribution in [0.5, 0.6) is 0 Å². The molecular formula is C15H16S2. The number of benzene rings is 2. The second-order valence-corrected chi connectivity index (χ2v) is 5.70. The SMILES string of the molecule is CSc1cccc(CSCc2ccccc2)c1. The van der Waals surface area contributed by atoms with Crippen LogP contribution in [-0.2, 0) is 11.5 Å². The number of hydrogen-bond donors (Lipinski definition) is 0. The lowest BCUT2D eigenvalue weighted by atomic mass is 10.2. The highest BCUT2D eigenvalue weighted by molar-refractivity contribution is 7.98. The molecule has 0 bridgehead atoms. The molecule has 0 aliphatic carbocycles. The average Bonchev–Trinajstić information content (AvgIpc) is 2.40. The van der Waals surface area contributed by atoms with Crippen molar-refractivity contribution in [1.29, 1.82) is 0 Å². The third kappa shape index (κ3) is 4.14. The normalized spacial score (nSPS) is 10.4. The topological polar surface area (TPSA) is 0 Å². The van der Waals surface area contributed by atoms with Crippen LogP contribution in [0.15, 0.2) is 59.5 Å². The molecule has 17 heavy (non-hydrogen) atoms. The summed E-state index contributed by atoms with van der Waals surface area (Å²) in [6.07, 6.45) is 2.12. The smallest absolute Gasteiger partial charge is 0.0188 e. The van der Waals surface area contributed by atoms with Crippen molar-refractivity contribution in [3.63, 3.8) is 0 Å². The molecule has 0 nitrogen and oxygen atoms in total. The van der Waals surface area contributed by atoms with E-state index in [-0.39, 0.29) is 0 Å². The first-order valence-corrected chi connectivity index (χ1v) is 8.01. The van der Waals surface area contributed by atoms with Crippen LogP contribution in [0.3, 0.4) is 0 Å². The Labute approximate surface area is 112 Å². The van der Waals surface area contributed by atoms with E-state index in [9.17, 15) is 0 Å². The molecule has 88 valence electrons. The van der Waals surface area contributed by atoms with Gasteiger partial charge in [0, 0.05) is 16.4 Å². The van der Waals surface area contributed by atoms with Crippen molar-refractivity contribution in [2.24, 2.45) is 0 Å². The molecule has 0 heterocycles. The van der Waals surface area contributed by atoms with Gasteiger partial charge in [-0.15, -0.1) is 11.8 Å². The van der Waals surface area contributed by atoms with E-state index in [2.05, 4.69) is 60.9 Å². The van der Waals surface area contributed by atoms with Crippen LogP contribution < -0.4 is 0 Å². The fraction of sp³-hybridized carbons (Fsp3) is 0.200. The molecule has 0 amide bonds. The number of thioether (sulfide) groups is 2. The molecule has 0 aliphatic heterocycles. The van der Waals surface area contributed by atoms with Crippen molar-refractivity contribution in [1.82, 2.24) is 0 Å². The van der Waals surface area contributed by atoms with Crippen LogP contribution in [0.1, 0.15) is 11.1 Å². The second kappa shape index (κ2) is 6.77. The van der Waals surface area contributed by atoms with Gasteiger partial charge in [0.2, 0.25) is 0 Å². The maximum Gasteiger partial charge on any atom is 0.0188 e. The largest absolute Gasteiger partial charge is 0.152 e. The maximum atomic E-state index is 2.28. The summed E-state index contributed by atoms with van der Waals surface area (Å²) in [6, 6.07) is 19.4. The molecule has 0 aliphatic rings. The summed E-state index contributed by atoms with van der Waals surface area (Å²) in [5.74, 6) is 2.17. The zero-order chi connectivity index (χ0) is 11.9. The summed E-state index contributed by atoms with van der Waals surface area (Å²) >= 11 is 3.77. The van der Waals surface area contributed by atoms with E-state index in [0.29, 0.717) is 0 Å². The molecule has 2 heteroatoms. The molecule has 0 spiro atoms. The highest BCUT2D eigenvalue weighted by Gasteiger charge is 1.97. The molecule has 2 aromatic rings. The van der Waals surface area contributed by atoms with Gasteiger partial charge in [-0.2, -0.15) is 11.8 Å². The highest BCUT2D eigenvalue weighted by Crippen LogP contribution is 2.21. The van der Waals surface area contributed by atoms with Gasteiger partial charge in [0.05, 0.1) is 0 Å². The highest BCUT2D eigenvalue weighted by atomic mass is 32.2. The quantitative estimate of drug-likeness (QED) is 0.705. The Balaban J connectivity index is 1.86. The zero-order valence-corrected chi connectivity index (χ0v) is 11.6. The van der Waals surface area contributed by atoms with Crippen LogP contribution in [0.4, 0.5) is 0 Å². The predicted molar refractivity (Wildman–Crippen MR) is 79.7 cm³/mol. The summed E-state index contributed by atoms with van der Waals surface area (Å²) < 4.78 is 0. The van der Waals surface area contributed by atoms with Crippen molar-refractivity contribution >= 4 is 23.5 Å². The van der Waals surface area contributed by atoms with Gasteiger partial charge < -0.3 is 0 Å². The minimum Gasteiger partial charge on any atom is -0.152 e. The molecule has 0 saturated carbocycles. The van der Waals surface area contributed by atoms with Gasteiger partial charge in [0.15, 0.2) is 0 Å². The van der Waals surface area contributed by atoms with E-state index in [0.717, 1.165) is 11.5 Å². The van der Waals surface area contributed by atoms with Crippen molar-refractivity contribution in [2.45, 2.75) is 16.4 Å². The van der Waals surface area contributed by atoms with E-state index >= 15 is 0 Å². The number of rotatable bonds is 5. The number of hydrogen-bond acceptors (Lipinski definition) is 2. The summed E-state index contributed by atoms with van der Waals surface area (Å²) in [5, 5.41) is 0. The fourth-order valence-corrected chi connectivity index (χ4v) is 3.05. The lowest BCUT2D eigenvalue weighted by Gasteiger charge is -2.04. The minimum absolute atomic E-state index is 1.09. The average molecular weight is 260 g/mol. The molecule has 0 aromatic heterocycles. The molecular weight excluding hydrogens is 244 g/mol. The van der Waals surface area contributed by atoms with E-state index in [1.165, 1.54) is 16.0 Å². The predicted octanol–water partition coefficient (Wildman–Crippen LogP) is 4.84. The van der Waals surface area contributed by atoms with Crippen LogP contribution >= 0.6 is 23.5 Å². The molecule has 0 atom stereocenters. The van der Waals surface area contributed by atoms with E-state index < -0.39 is 0 Å². The van der Waals surface area contributed by atoms with Gasteiger partial charge in [0.1, 0.15) is 0 Å². The van der Waals surface area contributed by atoms with Crippen LogP contribution in [-0.4, -0.2) is 6.26 Å². The van der Waals surface area contributed by atoms with Crippen molar-refractivity contribution in [3.05, 3.63) is 65.7 Å². The monoisotopic (exact) mass is 260 g/mol. The van der Waals surface area contributed by atoms with Crippen LogP contribution in [0.2, 0.25) is 0 Å². The first kappa shape index (κ1) is 12.6. The fourth-order valence-electron chi connectivity index (χ4n) is 1.62. The van der Waals surface area contributed by atoms with Crippen molar-refractivity contribution in [3.8, 4) is 0 Å². The summed E-state index contributed by atoms with van der Waals surface area (Å²) in [7, 11) is 0. The lowest BCUT2D eigenvalue weighted by Crippen LogP contribution is -1.83. The maximum absolute atomic E-state index is 2.28. The second-order valence-electron chi connectivity index (χ2n) is 3.83. The molecule has 0 saturated heterocycles. The molecule has 2 rings (SSSR count). The van der Waals surface area contributed by atoms with Gasteiger partial charge in [-0.1, -0.05) is 42.5 Å². The summed E-state index contributed by atoms with van der Waals surface area (Å²) in [6.45, 7) is 0. The van der Waals surface area contributed by atoms with Crippen molar-refractivity contribution in [2.75, 3.05) is 6.26 Å². The van der Waals surface area contributed by atoms with Gasteiger partial charge >= 0.3 is 0 Å². The van der Waals surface area contributed by atoms with Gasteiger partial charge in [-0.3, -0.25) is 0 Å². The molecule has 0 radical (unpaired) electrons. The zero-order valence-electron chi connectivity index (χ0n) is 9.93. The van der Waals surface area contributed by atoms with Crippen LogP contribution in [0.25, 0.3) is 0 Å². The molecule has 2 aromatic carbocycles. The van der Waals surface area contributed by atoms with Gasteiger partial charge in [0.25, 0.3) is 0 Å². The Kier molecular flexibility index (Phi) is 5.02. The Bertz CT molecular complexity index is 451. The lowest BCUT2D eigenvalue weighted by molar-refractivity contribution is 1.32. The van der Waals surface area contributed by atoms with Gasteiger partial charge in [-0.05, 0) is 29.5 Å². The Hall–Kier alpha value is -0.860. The van der Waals surface area contributed by atoms with E-state index in [1.807, 2.05) is 11.8 Å². The Morgan fingerprint density at radius 3 is 2.29 bits per heavy atom. The minimum atomic E-state index is 1.09. The van der Waals surface area contributed by atoms with Crippen LogP contribution in [0, 0.1) is 0 Å². The Morgan fingerprint density at radius 2 is 1.53 bits per heavy atom. The first-order chi connectivity index (χ1) is 8.38. The summed E-state index contributed by atoms with van der Waals surface area (Å²) in [4.78, 5) is 1.35. The van der Waals surface area contributed by atoms with E-state index in [4.69, 9.17) is 0 Å². The van der Waals surface area contributed by atoms with E-state index in [1.54, 1.807) is 11.8 Å².